The lowest BCUT2D eigenvalue weighted by atomic mass is 10.0. The predicted molar refractivity (Wildman–Crippen MR) is 134 cm³/mol. The Kier molecular flexibility index (Phi) is 6.43. The van der Waals surface area contributed by atoms with Crippen LogP contribution in [0.3, 0.4) is 0 Å². The first kappa shape index (κ1) is 24.5. The summed E-state index contributed by atoms with van der Waals surface area (Å²) in [7, 11) is 1.80. The topological polar surface area (TPSA) is 84.3 Å². The molecule has 0 spiro atoms. The highest BCUT2D eigenvalue weighted by atomic mass is 32.1. The molecule has 10 heteroatoms. The molecular weight excluding hydrogens is 498 g/mol. The number of aromatic nitrogens is 2. The van der Waals surface area contributed by atoms with Crippen LogP contribution in [0.15, 0.2) is 60.8 Å². The molecule has 4 aromatic rings. The van der Waals surface area contributed by atoms with E-state index >= 15 is 0 Å². The van der Waals surface area contributed by atoms with E-state index in [4.69, 9.17) is 0 Å². The number of hydrogen-bond donors (Lipinski definition) is 1. The quantitative estimate of drug-likeness (QED) is 0.367. The highest BCUT2D eigenvalue weighted by Crippen LogP contribution is 2.31. The molecular formula is C27H22F2N4O3S. The van der Waals surface area contributed by atoms with Gasteiger partial charge in [-0.1, -0.05) is 12.1 Å². The maximum atomic E-state index is 14.5. The van der Waals surface area contributed by atoms with Gasteiger partial charge in [0.05, 0.1) is 27.7 Å². The number of rotatable bonds is 7. The molecule has 3 amide bonds. The molecule has 0 fully saturated rings. The van der Waals surface area contributed by atoms with Gasteiger partial charge in [0.1, 0.15) is 11.6 Å². The number of fused-ring (bicyclic) bond motifs is 1. The molecule has 188 valence electrons. The Morgan fingerprint density at radius 2 is 1.73 bits per heavy atom. The van der Waals surface area contributed by atoms with Crippen LogP contribution >= 0.6 is 11.3 Å². The number of nitrogens with zero attached hydrogens (tertiary/aromatic N) is 3. The molecule has 0 saturated heterocycles. The largest absolute Gasteiger partial charge is 0.346 e. The fourth-order valence-corrected chi connectivity index (χ4v) is 5.43. The number of nitrogens with one attached hydrogen (secondary N) is 1. The van der Waals surface area contributed by atoms with Crippen molar-refractivity contribution in [1.29, 1.82) is 0 Å². The monoisotopic (exact) mass is 520 g/mol. The van der Waals surface area contributed by atoms with E-state index in [0.29, 0.717) is 4.88 Å². The third-order valence-corrected chi connectivity index (χ3v) is 7.38. The molecule has 37 heavy (non-hydrogen) atoms. The fraction of sp³-hybridized carbons (Fsp3) is 0.185. The molecule has 0 radical (unpaired) electrons. The number of hydrogen-bond acceptors (Lipinski definition) is 5. The summed E-state index contributed by atoms with van der Waals surface area (Å²) in [5.74, 6) is -2.71. The van der Waals surface area contributed by atoms with Crippen LogP contribution in [-0.4, -0.2) is 45.0 Å². The van der Waals surface area contributed by atoms with Gasteiger partial charge in [0.2, 0.25) is 0 Å². The van der Waals surface area contributed by atoms with E-state index in [9.17, 15) is 23.2 Å². The fourth-order valence-electron chi connectivity index (χ4n) is 4.49. The number of amides is 3. The van der Waals surface area contributed by atoms with Crippen LogP contribution in [0.5, 0.6) is 0 Å². The lowest BCUT2D eigenvalue weighted by molar-refractivity contribution is 0.0629. The number of halogens is 2. The van der Waals surface area contributed by atoms with Gasteiger partial charge in [-0.15, -0.1) is 11.3 Å². The Bertz CT molecular complexity index is 1510. The van der Waals surface area contributed by atoms with Crippen molar-refractivity contribution in [2.45, 2.75) is 19.4 Å². The number of carbonyl (C=O) groups is 3. The minimum absolute atomic E-state index is 0.0276. The number of benzene rings is 2. The van der Waals surface area contributed by atoms with Gasteiger partial charge in [-0.2, -0.15) is 5.10 Å². The minimum Gasteiger partial charge on any atom is -0.346 e. The second kappa shape index (κ2) is 9.70. The van der Waals surface area contributed by atoms with Crippen molar-refractivity contribution in [2.75, 3.05) is 6.54 Å². The smallest absolute Gasteiger partial charge is 0.261 e. The summed E-state index contributed by atoms with van der Waals surface area (Å²) >= 11 is 1.28. The zero-order valence-electron chi connectivity index (χ0n) is 20.0. The summed E-state index contributed by atoms with van der Waals surface area (Å²) < 4.78 is 30.1. The molecule has 1 atom stereocenters. The Morgan fingerprint density at radius 3 is 2.38 bits per heavy atom. The Morgan fingerprint density at radius 1 is 1.03 bits per heavy atom. The van der Waals surface area contributed by atoms with Crippen LogP contribution in [0.4, 0.5) is 8.78 Å². The van der Waals surface area contributed by atoms with Crippen molar-refractivity contribution in [3.05, 3.63) is 98.9 Å². The Hall–Kier alpha value is -4.18. The number of carbonyl (C=O) groups excluding carboxylic acids is 3. The van der Waals surface area contributed by atoms with Gasteiger partial charge in [0, 0.05) is 30.2 Å². The average molecular weight is 521 g/mol. The SMILES string of the molecule is Cc1sc(C(=O)N[C@@H](Cc2cc(F)ccc2F)CN2C(=O)c3ccccc3C2=O)cc1-c1ccnn1C. The Labute approximate surface area is 215 Å². The third-order valence-electron chi connectivity index (χ3n) is 6.33. The second-order valence-corrected chi connectivity index (χ2v) is 10.1. The first-order chi connectivity index (χ1) is 17.7. The van der Waals surface area contributed by atoms with E-state index in [1.807, 2.05) is 13.0 Å². The summed E-state index contributed by atoms with van der Waals surface area (Å²) in [6.45, 7) is 1.69. The van der Waals surface area contributed by atoms with Crippen molar-refractivity contribution < 1.29 is 23.2 Å². The van der Waals surface area contributed by atoms with Crippen LogP contribution < -0.4 is 5.32 Å². The van der Waals surface area contributed by atoms with Crippen molar-refractivity contribution in [3.63, 3.8) is 0 Å². The van der Waals surface area contributed by atoms with E-state index < -0.39 is 35.4 Å². The molecule has 2 aromatic heterocycles. The van der Waals surface area contributed by atoms with E-state index in [0.717, 1.165) is 39.2 Å². The molecule has 3 heterocycles. The summed E-state index contributed by atoms with van der Waals surface area (Å²) in [6.07, 6.45) is 1.54. The van der Waals surface area contributed by atoms with Crippen LogP contribution in [0, 0.1) is 18.6 Å². The molecule has 0 bridgehead atoms. The van der Waals surface area contributed by atoms with Crippen LogP contribution in [0.1, 0.15) is 40.8 Å². The minimum atomic E-state index is -0.867. The maximum absolute atomic E-state index is 14.5. The van der Waals surface area contributed by atoms with Gasteiger partial charge in [-0.25, -0.2) is 8.78 Å². The van der Waals surface area contributed by atoms with Crippen molar-refractivity contribution in [1.82, 2.24) is 20.0 Å². The number of imide groups is 1. The molecule has 1 N–H and O–H groups in total. The first-order valence-electron chi connectivity index (χ1n) is 11.5. The molecule has 1 aliphatic rings. The van der Waals surface area contributed by atoms with E-state index in [-0.39, 0.29) is 29.7 Å². The summed E-state index contributed by atoms with van der Waals surface area (Å²) in [6, 6.07) is 12.2. The van der Waals surface area contributed by atoms with Crippen molar-refractivity contribution >= 4 is 29.1 Å². The summed E-state index contributed by atoms with van der Waals surface area (Å²) in [5, 5.41) is 7.01. The predicted octanol–water partition coefficient (Wildman–Crippen LogP) is 4.37. The highest BCUT2D eigenvalue weighted by molar-refractivity contribution is 7.14. The van der Waals surface area contributed by atoms with Gasteiger partial charge in [-0.3, -0.25) is 24.0 Å². The van der Waals surface area contributed by atoms with E-state index in [1.165, 1.54) is 11.3 Å². The molecule has 7 nitrogen and oxygen atoms in total. The average Bonchev–Trinajstić information content (AvgIpc) is 3.54. The zero-order chi connectivity index (χ0) is 26.3. The molecule has 5 rings (SSSR count). The number of thiophene rings is 1. The van der Waals surface area contributed by atoms with E-state index in [1.54, 1.807) is 48.3 Å². The molecule has 0 unspecified atom stereocenters. The lowest BCUT2D eigenvalue weighted by Crippen LogP contribution is -2.47. The van der Waals surface area contributed by atoms with Gasteiger partial charge >= 0.3 is 0 Å². The van der Waals surface area contributed by atoms with Crippen LogP contribution in [0.2, 0.25) is 0 Å². The van der Waals surface area contributed by atoms with Crippen molar-refractivity contribution in [3.8, 4) is 11.3 Å². The second-order valence-electron chi connectivity index (χ2n) is 8.80. The Balaban J connectivity index is 1.43. The molecule has 1 aliphatic heterocycles. The maximum Gasteiger partial charge on any atom is 0.261 e. The van der Waals surface area contributed by atoms with Gasteiger partial charge in [-0.05, 0) is 61.4 Å². The normalized spacial score (nSPS) is 13.7. The standard InChI is InChI=1S/C27H22F2N4O3S/c1-15-21(23-9-10-30-32(23)2)13-24(37-15)25(34)31-18(12-16-11-17(28)7-8-22(16)29)14-33-26(35)19-5-3-4-6-20(19)27(33)36/h3-11,13,18H,12,14H2,1-2H3,(H,31,34)/t18-/m0/s1. The zero-order valence-corrected chi connectivity index (χ0v) is 20.8. The van der Waals surface area contributed by atoms with Gasteiger partial charge < -0.3 is 5.32 Å². The summed E-state index contributed by atoms with van der Waals surface area (Å²) in [5.41, 5.74) is 2.26. The third kappa shape index (κ3) is 4.67. The van der Waals surface area contributed by atoms with Gasteiger partial charge in [0.25, 0.3) is 17.7 Å². The highest BCUT2D eigenvalue weighted by Gasteiger charge is 2.37. The van der Waals surface area contributed by atoms with Crippen LogP contribution in [-0.2, 0) is 13.5 Å². The lowest BCUT2D eigenvalue weighted by Gasteiger charge is -2.24. The number of aryl methyl sites for hydroxylation is 2. The molecule has 0 aliphatic carbocycles. The molecule has 2 aromatic carbocycles. The van der Waals surface area contributed by atoms with Gasteiger partial charge in [0.15, 0.2) is 0 Å². The van der Waals surface area contributed by atoms with Crippen LogP contribution in [0.25, 0.3) is 11.3 Å². The van der Waals surface area contributed by atoms with E-state index in [2.05, 4.69) is 10.4 Å². The summed E-state index contributed by atoms with van der Waals surface area (Å²) in [4.78, 5) is 41.5. The molecule has 0 saturated carbocycles. The first-order valence-corrected chi connectivity index (χ1v) is 12.3. The van der Waals surface area contributed by atoms with Crippen molar-refractivity contribution in [2.24, 2.45) is 7.05 Å².